The lowest BCUT2D eigenvalue weighted by atomic mass is 10.1. The zero-order chi connectivity index (χ0) is 14.6. The molecule has 3 N–H and O–H groups in total. The Hall–Kier alpha value is -1.75. The van der Waals surface area contributed by atoms with Gasteiger partial charge in [-0.1, -0.05) is 12.1 Å². The van der Waals surface area contributed by atoms with E-state index in [1.165, 1.54) is 0 Å². The molecule has 2 rings (SSSR count). The molecule has 0 atom stereocenters. The molecule has 1 saturated heterocycles. The first kappa shape index (κ1) is 14.7. The lowest BCUT2D eigenvalue weighted by Crippen LogP contribution is -2.51. The number of rotatable bonds is 4. The van der Waals surface area contributed by atoms with Gasteiger partial charge in [-0.05, 0) is 38.5 Å². The Morgan fingerprint density at radius 3 is 2.75 bits per heavy atom. The van der Waals surface area contributed by atoms with Crippen molar-refractivity contribution in [1.82, 2.24) is 10.6 Å². The van der Waals surface area contributed by atoms with Gasteiger partial charge < -0.3 is 20.7 Å². The second-order valence-corrected chi connectivity index (χ2v) is 6.06. The van der Waals surface area contributed by atoms with E-state index in [2.05, 4.69) is 22.0 Å². The Morgan fingerprint density at radius 1 is 1.40 bits per heavy atom. The van der Waals surface area contributed by atoms with Gasteiger partial charge in [0.1, 0.15) is 5.60 Å². The molecule has 0 bridgehead atoms. The highest BCUT2D eigenvalue weighted by molar-refractivity contribution is 5.67. The van der Waals surface area contributed by atoms with Crippen LogP contribution in [0.25, 0.3) is 0 Å². The largest absolute Gasteiger partial charge is 0.444 e. The van der Waals surface area contributed by atoms with Gasteiger partial charge in [-0.2, -0.15) is 0 Å². The number of hydrogen-bond donors (Lipinski definition) is 3. The van der Waals surface area contributed by atoms with Crippen molar-refractivity contribution in [2.45, 2.75) is 39.0 Å². The number of carbonyl (C=O) groups is 1. The van der Waals surface area contributed by atoms with Gasteiger partial charge in [0.25, 0.3) is 0 Å². The van der Waals surface area contributed by atoms with E-state index in [0.717, 1.165) is 24.3 Å². The highest BCUT2D eigenvalue weighted by Gasteiger charge is 2.17. The van der Waals surface area contributed by atoms with Gasteiger partial charge in [0.2, 0.25) is 0 Å². The molecule has 0 aromatic heterocycles. The summed E-state index contributed by atoms with van der Waals surface area (Å²) in [4.78, 5) is 11.6. The molecule has 0 saturated carbocycles. The Labute approximate surface area is 120 Å². The summed E-state index contributed by atoms with van der Waals surface area (Å²) in [6.45, 7) is 8.02. The van der Waals surface area contributed by atoms with Crippen molar-refractivity contribution in [2.24, 2.45) is 0 Å². The SMILES string of the molecule is CC(C)(C)OC(=O)NCc1cccc(NC2CNC2)c1. The summed E-state index contributed by atoms with van der Waals surface area (Å²) in [6, 6.07) is 8.57. The molecule has 20 heavy (non-hydrogen) atoms. The van der Waals surface area contributed by atoms with Crippen LogP contribution in [0.2, 0.25) is 0 Å². The monoisotopic (exact) mass is 277 g/mol. The molecule has 110 valence electrons. The standard InChI is InChI=1S/C15H23N3O2/c1-15(2,3)20-14(19)17-8-11-5-4-6-12(7-11)18-13-9-16-10-13/h4-7,13,16,18H,8-10H2,1-3H3,(H,17,19). The van der Waals surface area contributed by atoms with Crippen LogP contribution in [-0.4, -0.2) is 30.8 Å². The maximum atomic E-state index is 11.6. The van der Waals surface area contributed by atoms with Gasteiger partial charge in [-0.3, -0.25) is 0 Å². The fraction of sp³-hybridized carbons (Fsp3) is 0.533. The Bertz CT molecular complexity index is 464. The first-order valence-corrected chi connectivity index (χ1v) is 6.95. The van der Waals surface area contributed by atoms with Crippen LogP contribution in [0.1, 0.15) is 26.3 Å². The third kappa shape index (κ3) is 4.74. The van der Waals surface area contributed by atoms with E-state index >= 15 is 0 Å². The zero-order valence-electron chi connectivity index (χ0n) is 12.3. The molecule has 1 amide bonds. The molecule has 1 aromatic rings. The molecular weight excluding hydrogens is 254 g/mol. The molecule has 1 aliphatic heterocycles. The third-order valence-corrected chi connectivity index (χ3v) is 2.91. The highest BCUT2D eigenvalue weighted by Crippen LogP contribution is 2.13. The van der Waals surface area contributed by atoms with Crippen LogP contribution in [-0.2, 0) is 11.3 Å². The van der Waals surface area contributed by atoms with E-state index in [9.17, 15) is 4.79 Å². The molecule has 0 radical (unpaired) electrons. The normalized spacial score (nSPS) is 15.3. The second kappa shape index (κ2) is 6.13. The van der Waals surface area contributed by atoms with E-state index in [1.54, 1.807) is 0 Å². The van der Waals surface area contributed by atoms with E-state index < -0.39 is 5.60 Å². The van der Waals surface area contributed by atoms with E-state index in [0.29, 0.717) is 12.6 Å². The van der Waals surface area contributed by atoms with Crippen molar-refractivity contribution >= 4 is 11.8 Å². The first-order valence-electron chi connectivity index (χ1n) is 6.95. The summed E-state index contributed by atoms with van der Waals surface area (Å²) in [5.74, 6) is 0. The number of carbonyl (C=O) groups excluding carboxylic acids is 1. The molecular formula is C15H23N3O2. The fourth-order valence-corrected chi connectivity index (χ4v) is 1.89. The minimum Gasteiger partial charge on any atom is -0.444 e. The maximum Gasteiger partial charge on any atom is 0.407 e. The molecule has 0 unspecified atom stereocenters. The minimum absolute atomic E-state index is 0.390. The second-order valence-electron chi connectivity index (χ2n) is 6.06. The summed E-state index contributed by atoms with van der Waals surface area (Å²) in [6.07, 6.45) is -0.390. The molecule has 0 spiro atoms. The van der Waals surface area contributed by atoms with Gasteiger partial charge in [-0.15, -0.1) is 0 Å². The number of nitrogens with one attached hydrogen (secondary N) is 3. The van der Waals surface area contributed by atoms with Crippen molar-refractivity contribution in [1.29, 1.82) is 0 Å². The molecule has 5 heteroatoms. The number of alkyl carbamates (subject to hydrolysis) is 1. The number of hydrogen-bond acceptors (Lipinski definition) is 4. The fourth-order valence-electron chi connectivity index (χ4n) is 1.89. The van der Waals surface area contributed by atoms with Gasteiger partial charge in [0, 0.05) is 25.3 Å². The van der Waals surface area contributed by atoms with Crippen molar-refractivity contribution in [3.05, 3.63) is 29.8 Å². The van der Waals surface area contributed by atoms with Crippen molar-refractivity contribution in [3.63, 3.8) is 0 Å². The number of anilines is 1. The lowest BCUT2D eigenvalue weighted by molar-refractivity contribution is 0.0523. The van der Waals surface area contributed by atoms with E-state index in [-0.39, 0.29) is 6.09 Å². The van der Waals surface area contributed by atoms with Crippen molar-refractivity contribution < 1.29 is 9.53 Å². The molecule has 1 aliphatic rings. The Kier molecular flexibility index (Phi) is 4.49. The van der Waals surface area contributed by atoms with Crippen LogP contribution in [0.3, 0.4) is 0 Å². The van der Waals surface area contributed by atoms with Crippen LogP contribution >= 0.6 is 0 Å². The zero-order valence-corrected chi connectivity index (χ0v) is 12.3. The quantitative estimate of drug-likeness (QED) is 0.788. The predicted octanol–water partition coefficient (Wildman–Crippen LogP) is 2.09. The van der Waals surface area contributed by atoms with Crippen molar-refractivity contribution in [3.8, 4) is 0 Å². The topological polar surface area (TPSA) is 62.4 Å². The van der Waals surface area contributed by atoms with Gasteiger partial charge in [0.05, 0.1) is 6.04 Å². The molecule has 0 aliphatic carbocycles. The van der Waals surface area contributed by atoms with Crippen molar-refractivity contribution in [2.75, 3.05) is 18.4 Å². The summed E-state index contributed by atoms with van der Waals surface area (Å²) in [7, 11) is 0. The highest BCUT2D eigenvalue weighted by atomic mass is 16.6. The lowest BCUT2D eigenvalue weighted by Gasteiger charge is -2.29. The van der Waals surface area contributed by atoms with Crippen LogP contribution in [0.15, 0.2) is 24.3 Å². The van der Waals surface area contributed by atoms with Gasteiger partial charge in [0.15, 0.2) is 0 Å². The van der Waals surface area contributed by atoms with E-state index in [4.69, 9.17) is 4.74 Å². The molecule has 1 aromatic carbocycles. The smallest absolute Gasteiger partial charge is 0.407 e. The van der Waals surface area contributed by atoms with Gasteiger partial charge in [-0.25, -0.2) is 4.79 Å². The van der Waals surface area contributed by atoms with Crippen LogP contribution in [0.5, 0.6) is 0 Å². The Morgan fingerprint density at radius 2 is 2.15 bits per heavy atom. The Balaban J connectivity index is 1.83. The first-order chi connectivity index (χ1) is 9.42. The summed E-state index contributed by atoms with van der Waals surface area (Å²) in [5.41, 5.74) is 1.66. The summed E-state index contributed by atoms with van der Waals surface area (Å²) in [5, 5.41) is 9.42. The average molecular weight is 277 g/mol. The maximum absolute atomic E-state index is 11.6. The number of ether oxygens (including phenoxy) is 1. The average Bonchev–Trinajstić information content (AvgIpc) is 2.30. The molecule has 1 fully saturated rings. The third-order valence-electron chi connectivity index (χ3n) is 2.91. The van der Waals surface area contributed by atoms with Gasteiger partial charge >= 0.3 is 6.09 Å². The summed E-state index contributed by atoms with van der Waals surface area (Å²) >= 11 is 0. The molecule has 1 heterocycles. The summed E-state index contributed by atoms with van der Waals surface area (Å²) < 4.78 is 5.21. The van der Waals surface area contributed by atoms with Crippen LogP contribution in [0, 0.1) is 0 Å². The predicted molar refractivity (Wildman–Crippen MR) is 79.8 cm³/mol. The van der Waals surface area contributed by atoms with Crippen LogP contribution < -0.4 is 16.0 Å². The van der Waals surface area contributed by atoms with E-state index in [1.807, 2.05) is 39.0 Å². The van der Waals surface area contributed by atoms with Crippen LogP contribution in [0.4, 0.5) is 10.5 Å². The number of benzene rings is 1. The molecule has 5 nitrogen and oxygen atoms in total. The minimum atomic E-state index is -0.468. The number of amides is 1.